The van der Waals surface area contributed by atoms with Crippen LogP contribution < -0.4 is 5.73 Å². The van der Waals surface area contributed by atoms with Gasteiger partial charge in [0.1, 0.15) is 17.0 Å². The van der Waals surface area contributed by atoms with Crippen molar-refractivity contribution in [3.8, 4) is 27.9 Å². The fourth-order valence-electron chi connectivity index (χ4n) is 9.20. The highest BCUT2D eigenvalue weighted by Gasteiger charge is 2.20. The monoisotopic (exact) mass is 826 g/mol. The first-order chi connectivity index (χ1) is 31.1. The topological polar surface area (TPSA) is 68.8 Å². The van der Waals surface area contributed by atoms with E-state index in [0.29, 0.717) is 18.2 Å². The Balaban J connectivity index is 1.01. The molecule has 0 bridgehead atoms. The van der Waals surface area contributed by atoms with Gasteiger partial charge in [0.15, 0.2) is 5.84 Å². The van der Waals surface area contributed by atoms with Crippen molar-refractivity contribution >= 4 is 86.9 Å². The fourth-order valence-corrected chi connectivity index (χ4v) is 10.4. The van der Waals surface area contributed by atoms with Crippen LogP contribution in [0.5, 0.6) is 0 Å². The lowest BCUT2D eigenvalue weighted by Gasteiger charge is -2.13. The van der Waals surface area contributed by atoms with Crippen LogP contribution >= 0.6 is 11.3 Å². The van der Waals surface area contributed by atoms with Gasteiger partial charge in [0.2, 0.25) is 0 Å². The predicted octanol–water partition coefficient (Wildman–Crippen LogP) is 14.7. The molecule has 3 heterocycles. The summed E-state index contributed by atoms with van der Waals surface area (Å²) in [6, 6.07) is 72.3. The van der Waals surface area contributed by atoms with Crippen molar-refractivity contribution in [2.24, 2.45) is 15.7 Å². The molecule has 0 unspecified atom stereocenters. The van der Waals surface area contributed by atoms with Gasteiger partial charge in [0.25, 0.3) is 0 Å². The van der Waals surface area contributed by atoms with E-state index in [2.05, 4.69) is 156 Å². The largest absolute Gasteiger partial charge is 0.456 e. The number of nitrogens with two attached hydrogens (primary N) is 1. The molecule has 0 aliphatic carbocycles. The molecule has 5 nitrogen and oxygen atoms in total. The molecule has 0 fully saturated rings. The molecule has 3 aromatic heterocycles. The lowest BCUT2D eigenvalue weighted by molar-refractivity contribution is 0.669. The highest BCUT2D eigenvalue weighted by Crippen LogP contribution is 2.44. The minimum atomic E-state index is 0.369. The molecule has 0 aliphatic heterocycles. The molecular weight excluding hydrogens is 789 g/mol. The molecule has 298 valence electrons. The standard InChI is InChI=1S/C57H38N4OS/c58-56(60-57(38-18-5-2-6-19-38)59-35-36-15-13-20-39(31-36)37-16-3-1-4-17-37)45-24-14-27-51-54(45)47-32-40(29-30-50(47)62-51)46-33-41(34-53-55(46)44-23-9-12-28-52(44)63-53)61-48-25-10-7-21-42(48)43-22-8-11-26-49(43)61/h1-34H,35H2,(H2,58,59,60). The molecule has 0 saturated carbocycles. The van der Waals surface area contributed by atoms with Gasteiger partial charge in [0.05, 0.1) is 17.6 Å². The molecule has 12 rings (SSSR count). The summed E-state index contributed by atoms with van der Waals surface area (Å²) in [6.45, 7) is 0.448. The highest BCUT2D eigenvalue weighted by molar-refractivity contribution is 7.26. The van der Waals surface area contributed by atoms with E-state index in [0.717, 1.165) is 61.0 Å². The number of para-hydroxylation sites is 2. The summed E-state index contributed by atoms with van der Waals surface area (Å²) in [7, 11) is 0. The average Bonchev–Trinajstić information content (AvgIpc) is 4.02. The Labute approximate surface area is 367 Å². The Kier molecular flexibility index (Phi) is 8.83. The van der Waals surface area contributed by atoms with Crippen LogP contribution in [0.15, 0.2) is 221 Å². The number of hydrogen-bond donors (Lipinski definition) is 1. The second-order valence-corrected chi connectivity index (χ2v) is 17.0. The number of nitrogens with zero attached hydrogens (tertiary/aromatic N) is 3. The highest BCUT2D eigenvalue weighted by atomic mass is 32.1. The summed E-state index contributed by atoms with van der Waals surface area (Å²) in [5.74, 6) is 0.936. The lowest BCUT2D eigenvalue weighted by Crippen LogP contribution is -2.17. The van der Waals surface area contributed by atoms with Gasteiger partial charge in [0, 0.05) is 58.5 Å². The minimum Gasteiger partial charge on any atom is -0.456 e. The summed E-state index contributed by atoms with van der Waals surface area (Å²) in [6.07, 6.45) is 0. The Bertz CT molecular complexity index is 3730. The summed E-state index contributed by atoms with van der Waals surface area (Å²) in [4.78, 5) is 10.2. The van der Waals surface area contributed by atoms with Crippen molar-refractivity contribution in [1.82, 2.24) is 4.57 Å². The molecule has 0 radical (unpaired) electrons. The number of hydrogen-bond acceptors (Lipinski definition) is 3. The van der Waals surface area contributed by atoms with E-state index in [1.807, 2.05) is 65.9 Å². The second-order valence-electron chi connectivity index (χ2n) is 15.9. The maximum absolute atomic E-state index is 7.08. The second kappa shape index (κ2) is 15.1. The van der Waals surface area contributed by atoms with Crippen LogP contribution in [0.1, 0.15) is 16.7 Å². The first-order valence-electron chi connectivity index (χ1n) is 21.1. The number of aromatic nitrogens is 1. The van der Waals surface area contributed by atoms with E-state index in [1.165, 1.54) is 47.5 Å². The third kappa shape index (κ3) is 6.39. The van der Waals surface area contributed by atoms with E-state index < -0.39 is 0 Å². The molecule has 2 N–H and O–H groups in total. The van der Waals surface area contributed by atoms with Crippen molar-refractivity contribution < 1.29 is 4.42 Å². The number of thiophene rings is 1. The van der Waals surface area contributed by atoms with Crippen LogP contribution in [0.3, 0.4) is 0 Å². The number of benzene rings is 9. The van der Waals surface area contributed by atoms with Gasteiger partial charge >= 0.3 is 0 Å². The number of aliphatic imine (C=N–C) groups is 2. The van der Waals surface area contributed by atoms with E-state index >= 15 is 0 Å². The van der Waals surface area contributed by atoms with Gasteiger partial charge < -0.3 is 14.7 Å². The van der Waals surface area contributed by atoms with Gasteiger partial charge in [-0.3, -0.25) is 4.99 Å². The molecule has 9 aromatic carbocycles. The van der Waals surface area contributed by atoms with Gasteiger partial charge in [-0.05, 0) is 82.4 Å². The first kappa shape index (κ1) is 36.8. The van der Waals surface area contributed by atoms with Crippen molar-refractivity contribution in [1.29, 1.82) is 0 Å². The molecule has 63 heavy (non-hydrogen) atoms. The Morgan fingerprint density at radius 1 is 0.508 bits per heavy atom. The third-order valence-corrected chi connectivity index (χ3v) is 13.2. The Morgan fingerprint density at radius 2 is 1.19 bits per heavy atom. The molecule has 0 saturated heterocycles. The van der Waals surface area contributed by atoms with Crippen molar-refractivity contribution in [3.05, 3.63) is 223 Å². The fraction of sp³-hybridized carbons (Fsp3) is 0.0175. The summed E-state index contributed by atoms with van der Waals surface area (Å²) in [5, 5.41) is 6.86. The van der Waals surface area contributed by atoms with E-state index in [9.17, 15) is 0 Å². The molecule has 0 amide bonds. The molecule has 12 aromatic rings. The van der Waals surface area contributed by atoms with E-state index in [4.69, 9.17) is 20.1 Å². The zero-order valence-corrected chi connectivity index (χ0v) is 34.9. The summed E-state index contributed by atoms with van der Waals surface area (Å²) in [5.41, 5.74) is 19.4. The first-order valence-corrected chi connectivity index (χ1v) is 21.9. The summed E-state index contributed by atoms with van der Waals surface area (Å²) < 4.78 is 11.5. The number of fused-ring (bicyclic) bond motifs is 9. The maximum atomic E-state index is 7.08. The third-order valence-electron chi connectivity index (χ3n) is 12.1. The quantitative estimate of drug-likeness (QED) is 0.128. The zero-order chi connectivity index (χ0) is 41.9. The van der Waals surface area contributed by atoms with Gasteiger partial charge in [-0.1, -0.05) is 152 Å². The van der Waals surface area contributed by atoms with Crippen LogP contribution in [0.4, 0.5) is 0 Å². The normalized spacial score (nSPS) is 12.4. The van der Waals surface area contributed by atoms with E-state index in [1.54, 1.807) is 0 Å². The van der Waals surface area contributed by atoms with Crippen LogP contribution in [0.2, 0.25) is 0 Å². The molecule has 0 aliphatic rings. The SMILES string of the molecule is NC(=NC(=NCc1cccc(-c2ccccc2)c1)c1ccccc1)c1cccc2oc3ccc(-c4cc(-n5c6ccccc6c6ccccc65)cc5sc6ccccc6c45)cc3c12. The van der Waals surface area contributed by atoms with Crippen LogP contribution in [0.25, 0.3) is 91.9 Å². The lowest BCUT2D eigenvalue weighted by atomic mass is 9.96. The predicted molar refractivity (Wildman–Crippen MR) is 266 cm³/mol. The van der Waals surface area contributed by atoms with Gasteiger partial charge in [-0.25, -0.2) is 4.99 Å². The zero-order valence-electron chi connectivity index (χ0n) is 34.1. The number of rotatable bonds is 7. The summed E-state index contributed by atoms with van der Waals surface area (Å²) >= 11 is 1.84. The van der Waals surface area contributed by atoms with Crippen LogP contribution in [-0.4, -0.2) is 16.2 Å². The van der Waals surface area contributed by atoms with Gasteiger partial charge in [-0.2, -0.15) is 0 Å². The minimum absolute atomic E-state index is 0.369. The smallest absolute Gasteiger partial charge is 0.157 e. The van der Waals surface area contributed by atoms with Gasteiger partial charge in [-0.15, -0.1) is 11.3 Å². The molecular formula is C57H38N4OS. The average molecular weight is 827 g/mol. The molecule has 6 heteroatoms. The Hall–Kier alpha value is -8.06. The molecule has 0 spiro atoms. The molecule has 0 atom stereocenters. The maximum Gasteiger partial charge on any atom is 0.157 e. The van der Waals surface area contributed by atoms with Crippen LogP contribution in [-0.2, 0) is 6.54 Å². The van der Waals surface area contributed by atoms with Crippen molar-refractivity contribution in [2.45, 2.75) is 6.54 Å². The van der Waals surface area contributed by atoms with E-state index in [-0.39, 0.29) is 0 Å². The number of amidine groups is 2. The Morgan fingerprint density at radius 3 is 1.98 bits per heavy atom. The van der Waals surface area contributed by atoms with Crippen molar-refractivity contribution in [2.75, 3.05) is 0 Å². The van der Waals surface area contributed by atoms with Crippen LogP contribution in [0, 0.1) is 0 Å². The van der Waals surface area contributed by atoms with Crippen molar-refractivity contribution in [3.63, 3.8) is 0 Å². The number of furan rings is 1.